The first-order chi connectivity index (χ1) is 12.1. The first-order valence-electron chi connectivity index (χ1n) is 7.90. The zero-order valence-corrected chi connectivity index (χ0v) is 15.3. The van der Waals surface area contributed by atoms with E-state index in [4.69, 9.17) is 33.7 Å². The van der Waals surface area contributed by atoms with Crippen molar-refractivity contribution in [1.82, 2.24) is 0 Å². The predicted molar refractivity (Wildman–Crippen MR) is 97.7 cm³/mol. The van der Waals surface area contributed by atoms with Crippen LogP contribution in [0.15, 0.2) is 42.5 Å². The molecule has 0 amide bonds. The number of alkyl halides is 3. The third-order valence-electron chi connectivity index (χ3n) is 4.19. The SMILES string of the molecule is CC(N)/C=C/c1ccc2c(c1)CC(c1cc(Cl)cc(Cl)c1)(C(F)(F)F)O2. The fourth-order valence-corrected chi connectivity index (χ4v) is 3.49. The van der Waals surface area contributed by atoms with E-state index in [-0.39, 0.29) is 33.8 Å². The average Bonchev–Trinajstić information content (AvgIpc) is 2.91. The van der Waals surface area contributed by atoms with Gasteiger partial charge >= 0.3 is 6.18 Å². The molecule has 3 rings (SSSR count). The lowest BCUT2D eigenvalue weighted by atomic mass is 9.88. The van der Waals surface area contributed by atoms with Crippen molar-refractivity contribution in [3.8, 4) is 5.75 Å². The molecule has 0 saturated heterocycles. The van der Waals surface area contributed by atoms with Crippen LogP contribution in [-0.4, -0.2) is 12.2 Å². The van der Waals surface area contributed by atoms with Crippen LogP contribution in [0.3, 0.4) is 0 Å². The topological polar surface area (TPSA) is 35.2 Å². The molecule has 2 unspecified atom stereocenters. The molecule has 26 heavy (non-hydrogen) atoms. The highest BCUT2D eigenvalue weighted by atomic mass is 35.5. The van der Waals surface area contributed by atoms with Crippen molar-refractivity contribution < 1.29 is 17.9 Å². The second-order valence-electron chi connectivity index (χ2n) is 6.35. The lowest BCUT2D eigenvalue weighted by molar-refractivity contribution is -0.248. The normalized spacial score (nSPS) is 20.9. The van der Waals surface area contributed by atoms with Crippen LogP contribution in [0.1, 0.15) is 23.6 Å². The molecule has 0 spiro atoms. The van der Waals surface area contributed by atoms with Gasteiger partial charge in [-0.05, 0) is 48.4 Å². The molecule has 2 nitrogen and oxygen atoms in total. The van der Waals surface area contributed by atoms with E-state index in [0.717, 1.165) is 5.56 Å². The van der Waals surface area contributed by atoms with Crippen molar-refractivity contribution in [3.05, 3.63) is 69.2 Å². The largest absolute Gasteiger partial charge is 0.472 e. The van der Waals surface area contributed by atoms with Gasteiger partial charge in [0.25, 0.3) is 0 Å². The number of halogens is 5. The molecule has 2 atom stereocenters. The van der Waals surface area contributed by atoms with Crippen LogP contribution in [0.25, 0.3) is 6.08 Å². The number of benzene rings is 2. The van der Waals surface area contributed by atoms with Crippen LogP contribution >= 0.6 is 23.2 Å². The van der Waals surface area contributed by atoms with Gasteiger partial charge in [0.2, 0.25) is 5.60 Å². The zero-order chi connectivity index (χ0) is 19.1. The Morgan fingerprint density at radius 2 is 1.81 bits per heavy atom. The van der Waals surface area contributed by atoms with E-state index in [1.54, 1.807) is 24.3 Å². The summed E-state index contributed by atoms with van der Waals surface area (Å²) in [5.74, 6) is 0.191. The summed E-state index contributed by atoms with van der Waals surface area (Å²) < 4.78 is 47.6. The molecule has 1 heterocycles. The fourth-order valence-electron chi connectivity index (χ4n) is 2.97. The molecule has 138 valence electrons. The minimum atomic E-state index is -4.65. The van der Waals surface area contributed by atoms with Gasteiger partial charge in [0.1, 0.15) is 5.75 Å². The predicted octanol–water partition coefficient (Wildman–Crippen LogP) is 5.75. The number of rotatable bonds is 3. The molecular formula is C19H16Cl2F3NO. The van der Waals surface area contributed by atoms with E-state index in [1.807, 2.05) is 6.92 Å². The van der Waals surface area contributed by atoms with Crippen molar-refractivity contribution in [3.63, 3.8) is 0 Å². The lowest BCUT2D eigenvalue weighted by Gasteiger charge is -2.31. The Balaban J connectivity index is 2.06. The van der Waals surface area contributed by atoms with E-state index in [2.05, 4.69) is 0 Å². The minimum Gasteiger partial charge on any atom is -0.472 e. The van der Waals surface area contributed by atoms with Crippen LogP contribution < -0.4 is 10.5 Å². The summed E-state index contributed by atoms with van der Waals surface area (Å²) in [6.07, 6.45) is -1.47. The Morgan fingerprint density at radius 3 is 2.38 bits per heavy atom. The maximum atomic E-state index is 14.0. The summed E-state index contributed by atoms with van der Waals surface area (Å²) in [7, 11) is 0. The molecular weight excluding hydrogens is 386 g/mol. The van der Waals surface area contributed by atoms with Gasteiger partial charge in [0.05, 0.1) is 0 Å². The molecule has 7 heteroatoms. The van der Waals surface area contributed by atoms with E-state index < -0.39 is 11.8 Å². The van der Waals surface area contributed by atoms with Gasteiger partial charge in [-0.25, -0.2) is 0 Å². The molecule has 0 saturated carbocycles. The van der Waals surface area contributed by atoms with Crippen molar-refractivity contribution in [2.45, 2.75) is 31.2 Å². The Labute approximate surface area is 159 Å². The molecule has 1 aliphatic heterocycles. The first kappa shape index (κ1) is 19.1. The summed E-state index contributed by atoms with van der Waals surface area (Å²) in [6, 6.07) is 8.62. The van der Waals surface area contributed by atoms with Crippen molar-refractivity contribution >= 4 is 29.3 Å². The monoisotopic (exact) mass is 401 g/mol. The highest BCUT2D eigenvalue weighted by molar-refractivity contribution is 6.34. The Bertz CT molecular complexity index is 844. The van der Waals surface area contributed by atoms with Crippen LogP contribution in [0.4, 0.5) is 13.2 Å². The van der Waals surface area contributed by atoms with Crippen LogP contribution in [0.5, 0.6) is 5.75 Å². The maximum Gasteiger partial charge on any atom is 0.432 e. The number of nitrogens with two attached hydrogens (primary N) is 1. The molecule has 0 radical (unpaired) electrons. The number of hydrogen-bond donors (Lipinski definition) is 1. The molecule has 1 aliphatic rings. The Hall–Kier alpha value is -1.69. The van der Waals surface area contributed by atoms with Gasteiger partial charge in [-0.3, -0.25) is 0 Å². The van der Waals surface area contributed by atoms with Crippen LogP contribution in [-0.2, 0) is 12.0 Å². The smallest absolute Gasteiger partial charge is 0.432 e. The Morgan fingerprint density at radius 1 is 1.15 bits per heavy atom. The number of fused-ring (bicyclic) bond motifs is 1. The quantitative estimate of drug-likeness (QED) is 0.710. The van der Waals surface area contributed by atoms with Crippen LogP contribution in [0, 0.1) is 0 Å². The molecule has 0 aliphatic carbocycles. The summed E-state index contributed by atoms with van der Waals surface area (Å²) in [4.78, 5) is 0. The average molecular weight is 402 g/mol. The second kappa shape index (κ2) is 6.80. The minimum absolute atomic E-state index is 0.119. The number of hydrogen-bond acceptors (Lipinski definition) is 2. The van der Waals surface area contributed by atoms with Crippen molar-refractivity contribution in [2.24, 2.45) is 5.73 Å². The fraction of sp³-hybridized carbons (Fsp3) is 0.263. The molecule has 0 fully saturated rings. The highest BCUT2D eigenvalue weighted by Gasteiger charge is 2.61. The highest BCUT2D eigenvalue weighted by Crippen LogP contribution is 2.51. The molecule has 2 aromatic carbocycles. The summed E-state index contributed by atoms with van der Waals surface area (Å²) in [5.41, 5.74) is 4.25. The standard InChI is InChI=1S/C19H16Cl2F3NO/c1-11(25)2-3-12-4-5-17-13(6-12)10-18(26-17,19(22,23)24)14-7-15(20)9-16(21)8-14/h2-9,11H,10,25H2,1H3/b3-2+. The lowest BCUT2D eigenvalue weighted by Crippen LogP contribution is -2.46. The van der Waals surface area contributed by atoms with E-state index in [9.17, 15) is 13.2 Å². The van der Waals surface area contributed by atoms with E-state index >= 15 is 0 Å². The molecule has 0 bridgehead atoms. The summed E-state index contributed by atoms with van der Waals surface area (Å²) in [6.45, 7) is 1.81. The molecule has 2 N–H and O–H groups in total. The van der Waals surface area contributed by atoms with Gasteiger partial charge in [0.15, 0.2) is 0 Å². The molecule has 0 aromatic heterocycles. The van der Waals surface area contributed by atoms with E-state index in [1.165, 1.54) is 24.3 Å². The maximum absolute atomic E-state index is 14.0. The van der Waals surface area contributed by atoms with Gasteiger partial charge in [-0.2, -0.15) is 13.2 Å². The van der Waals surface area contributed by atoms with E-state index in [0.29, 0.717) is 5.56 Å². The summed E-state index contributed by atoms with van der Waals surface area (Å²) in [5, 5.41) is 0.243. The van der Waals surface area contributed by atoms with Gasteiger partial charge in [-0.1, -0.05) is 41.4 Å². The van der Waals surface area contributed by atoms with Crippen molar-refractivity contribution in [2.75, 3.05) is 0 Å². The molecule has 2 aromatic rings. The van der Waals surface area contributed by atoms with Gasteiger partial charge in [0, 0.05) is 28.1 Å². The van der Waals surface area contributed by atoms with Gasteiger partial charge in [-0.15, -0.1) is 0 Å². The first-order valence-corrected chi connectivity index (χ1v) is 8.65. The third kappa shape index (κ3) is 3.56. The van der Waals surface area contributed by atoms with Crippen LogP contribution in [0.2, 0.25) is 10.0 Å². The third-order valence-corrected chi connectivity index (χ3v) is 4.62. The number of ether oxygens (including phenoxy) is 1. The van der Waals surface area contributed by atoms with Gasteiger partial charge < -0.3 is 10.5 Å². The van der Waals surface area contributed by atoms with Crippen molar-refractivity contribution in [1.29, 1.82) is 0 Å². The Kier molecular flexibility index (Phi) is 4.99. The zero-order valence-electron chi connectivity index (χ0n) is 13.8. The summed E-state index contributed by atoms with van der Waals surface area (Å²) >= 11 is 11.8. The second-order valence-corrected chi connectivity index (χ2v) is 7.22.